The van der Waals surface area contributed by atoms with E-state index >= 15 is 0 Å². The highest BCUT2D eigenvalue weighted by molar-refractivity contribution is 7.99. The standard InChI is InChI=1S/C9H15N3OS/c1-4-7(2)8(13)5-14-9-10-6-11-12(9)3/h6-7H,4-5H2,1-3H3. The Bertz CT molecular complexity index is 311. The molecule has 0 spiro atoms. The number of carbonyl (C=O) groups excluding carboxylic acids is 1. The van der Waals surface area contributed by atoms with Gasteiger partial charge in [0.2, 0.25) is 0 Å². The molecule has 0 aliphatic carbocycles. The van der Waals surface area contributed by atoms with Crippen LogP contribution in [-0.2, 0) is 11.8 Å². The molecular formula is C9H15N3OS. The van der Waals surface area contributed by atoms with Gasteiger partial charge in [0.05, 0.1) is 5.75 Å². The predicted molar refractivity (Wildman–Crippen MR) is 56.2 cm³/mol. The number of rotatable bonds is 5. The quantitative estimate of drug-likeness (QED) is 0.696. The first-order chi connectivity index (χ1) is 6.65. The number of thioether (sulfide) groups is 1. The fourth-order valence-corrected chi connectivity index (χ4v) is 1.83. The van der Waals surface area contributed by atoms with Crippen LogP contribution in [0, 0.1) is 5.92 Å². The molecule has 14 heavy (non-hydrogen) atoms. The average Bonchev–Trinajstić information content (AvgIpc) is 2.59. The molecule has 78 valence electrons. The predicted octanol–water partition coefficient (Wildman–Crippen LogP) is 1.52. The second-order valence-electron chi connectivity index (χ2n) is 3.23. The van der Waals surface area contributed by atoms with E-state index in [1.807, 2.05) is 20.9 Å². The van der Waals surface area contributed by atoms with E-state index in [1.165, 1.54) is 18.1 Å². The highest BCUT2D eigenvalue weighted by Crippen LogP contribution is 2.15. The van der Waals surface area contributed by atoms with Gasteiger partial charge in [0.25, 0.3) is 0 Å². The van der Waals surface area contributed by atoms with Crippen LogP contribution < -0.4 is 0 Å². The van der Waals surface area contributed by atoms with Gasteiger partial charge in [-0.1, -0.05) is 25.6 Å². The zero-order chi connectivity index (χ0) is 10.6. The highest BCUT2D eigenvalue weighted by atomic mass is 32.2. The van der Waals surface area contributed by atoms with Crippen LogP contribution in [0.25, 0.3) is 0 Å². The van der Waals surface area contributed by atoms with Crippen molar-refractivity contribution in [3.63, 3.8) is 0 Å². The lowest BCUT2D eigenvalue weighted by molar-refractivity contribution is -0.119. The van der Waals surface area contributed by atoms with Crippen molar-refractivity contribution < 1.29 is 4.79 Å². The number of aryl methyl sites for hydroxylation is 1. The number of hydrogen-bond acceptors (Lipinski definition) is 4. The summed E-state index contributed by atoms with van der Waals surface area (Å²) in [6.45, 7) is 3.98. The summed E-state index contributed by atoms with van der Waals surface area (Å²) in [5, 5.41) is 4.73. The first kappa shape index (κ1) is 11.2. The zero-order valence-electron chi connectivity index (χ0n) is 8.73. The maximum atomic E-state index is 11.5. The number of ketones is 1. The third-order valence-electron chi connectivity index (χ3n) is 2.18. The molecule has 0 fully saturated rings. The van der Waals surface area contributed by atoms with E-state index in [2.05, 4.69) is 10.1 Å². The van der Waals surface area contributed by atoms with Gasteiger partial charge in [-0.3, -0.25) is 4.79 Å². The van der Waals surface area contributed by atoms with Crippen molar-refractivity contribution in [3.8, 4) is 0 Å². The maximum Gasteiger partial charge on any atom is 0.186 e. The third-order valence-corrected chi connectivity index (χ3v) is 3.23. The van der Waals surface area contributed by atoms with Crippen LogP contribution in [0.3, 0.4) is 0 Å². The van der Waals surface area contributed by atoms with Crippen molar-refractivity contribution >= 4 is 17.5 Å². The van der Waals surface area contributed by atoms with Crippen LogP contribution in [0.15, 0.2) is 11.5 Å². The molecule has 1 aromatic heterocycles. The van der Waals surface area contributed by atoms with Gasteiger partial charge in [-0.15, -0.1) is 0 Å². The van der Waals surface area contributed by atoms with Gasteiger partial charge in [0, 0.05) is 13.0 Å². The lowest BCUT2D eigenvalue weighted by Gasteiger charge is -2.05. The Kier molecular flexibility index (Phi) is 4.13. The van der Waals surface area contributed by atoms with Crippen LogP contribution >= 0.6 is 11.8 Å². The molecule has 1 atom stereocenters. The number of aromatic nitrogens is 3. The van der Waals surface area contributed by atoms with E-state index in [4.69, 9.17) is 0 Å². The summed E-state index contributed by atoms with van der Waals surface area (Å²) >= 11 is 1.45. The summed E-state index contributed by atoms with van der Waals surface area (Å²) < 4.78 is 1.68. The lowest BCUT2D eigenvalue weighted by atomic mass is 10.1. The Morgan fingerprint density at radius 3 is 2.93 bits per heavy atom. The topological polar surface area (TPSA) is 47.8 Å². The van der Waals surface area contributed by atoms with Crippen molar-refractivity contribution in [2.24, 2.45) is 13.0 Å². The summed E-state index contributed by atoms with van der Waals surface area (Å²) in [5.41, 5.74) is 0. The van der Waals surface area contributed by atoms with Crippen molar-refractivity contribution in [2.75, 3.05) is 5.75 Å². The minimum atomic E-state index is 0.149. The van der Waals surface area contributed by atoms with Crippen molar-refractivity contribution in [2.45, 2.75) is 25.4 Å². The van der Waals surface area contributed by atoms with Crippen molar-refractivity contribution in [1.29, 1.82) is 0 Å². The molecule has 0 amide bonds. The first-order valence-corrected chi connectivity index (χ1v) is 5.63. The van der Waals surface area contributed by atoms with E-state index < -0.39 is 0 Å². The molecule has 1 aromatic rings. The number of nitrogens with zero attached hydrogens (tertiary/aromatic N) is 3. The van der Waals surface area contributed by atoms with Gasteiger partial charge in [-0.25, -0.2) is 9.67 Å². The summed E-state index contributed by atoms with van der Waals surface area (Å²) in [7, 11) is 1.82. The van der Waals surface area contributed by atoms with Gasteiger partial charge in [0.1, 0.15) is 12.1 Å². The molecule has 0 bridgehead atoms. The fourth-order valence-electron chi connectivity index (χ4n) is 0.922. The molecule has 0 aliphatic rings. The second kappa shape index (κ2) is 5.14. The van der Waals surface area contributed by atoms with Crippen LogP contribution in [0.5, 0.6) is 0 Å². The molecule has 1 unspecified atom stereocenters. The van der Waals surface area contributed by atoms with Gasteiger partial charge < -0.3 is 0 Å². The molecule has 0 aliphatic heterocycles. The summed E-state index contributed by atoms with van der Waals surface area (Å²) in [6.07, 6.45) is 2.40. The summed E-state index contributed by atoms with van der Waals surface area (Å²) in [5.74, 6) is 0.915. The summed E-state index contributed by atoms with van der Waals surface area (Å²) in [6, 6.07) is 0. The van der Waals surface area contributed by atoms with E-state index in [9.17, 15) is 4.79 Å². The van der Waals surface area contributed by atoms with Crippen LogP contribution in [0.4, 0.5) is 0 Å². The molecule has 5 heteroatoms. The Labute approximate surface area is 88.1 Å². The van der Waals surface area contributed by atoms with E-state index in [0.29, 0.717) is 5.75 Å². The SMILES string of the molecule is CCC(C)C(=O)CSc1ncnn1C. The maximum absolute atomic E-state index is 11.5. The molecule has 4 nitrogen and oxygen atoms in total. The fraction of sp³-hybridized carbons (Fsp3) is 0.667. The Hall–Kier alpha value is -0.840. The number of Topliss-reactive ketones (excluding diaryl/α,β-unsaturated/α-hetero) is 1. The van der Waals surface area contributed by atoms with Crippen molar-refractivity contribution in [3.05, 3.63) is 6.33 Å². The Morgan fingerprint density at radius 1 is 1.71 bits per heavy atom. The largest absolute Gasteiger partial charge is 0.298 e. The van der Waals surface area contributed by atoms with E-state index in [1.54, 1.807) is 4.68 Å². The molecule has 1 heterocycles. The molecular weight excluding hydrogens is 198 g/mol. The van der Waals surface area contributed by atoms with Gasteiger partial charge >= 0.3 is 0 Å². The molecule has 0 saturated heterocycles. The first-order valence-electron chi connectivity index (χ1n) is 4.64. The number of carbonyl (C=O) groups is 1. The van der Waals surface area contributed by atoms with E-state index in [0.717, 1.165) is 11.6 Å². The highest BCUT2D eigenvalue weighted by Gasteiger charge is 2.12. The van der Waals surface area contributed by atoms with Gasteiger partial charge in [0.15, 0.2) is 5.16 Å². The average molecular weight is 213 g/mol. The van der Waals surface area contributed by atoms with Gasteiger partial charge in [-0.05, 0) is 6.42 Å². The van der Waals surface area contributed by atoms with Gasteiger partial charge in [-0.2, -0.15) is 5.10 Å². The minimum absolute atomic E-state index is 0.149. The normalized spacial score (nSPS) is 12.8. The molecule has 0 aromatic carbocycles. The smallest absolute Gasteiger partial charge is 0.186 e. The van der Waals surface area contributed by atoms with Crippen LogP contribution in [-0.4, -0.2) is 26.3 Å². The molecule has 0 saturated carbocycles. The molecule has 0 N–H and O–H groups in total. The van der Waals surface area contributed by atoms with Crippen LogP contribution in [0.2, 0.25) is 0 Å². The zero-order valence-corrected chi connectivity index (χ0v) is 9.54. The Morgan fingerprint density at radius 2 is 2.43 bits per heavy atom. The third kappa shape index (κ3) is 2.83. The minimum Gasteiger partial charge on any atom is -0.298 e. The summed E-state index contributed by atoms with van der Waals surface area (Å²) in [4.78, 5) is 15.5. The van der Waals surface area contributed by atoms with Crippen LogP contribution in [0.1, 0.15) is 20.3 Å². The van der Waals surface area contributed by atoms with E-state index in [-0.39, 0.29) is 11.7 Å². The lowest BCUT2D eigenvalue weighted by Crippen LogP contribution is -2.12. The van der Waals surface area contributed by atoms with Crippen molar-refractivity contribution in [1.82, 2.24) is 14.8 Å². The number of hydrogen-bond donors (Lipinski definition) is 0. The second-order valence-corrected chi connectivity index (χ2v) is 4.17. The molecule has 1 rings (SSSR count). The molecule has 0 radical (unpaired) electrons. The Balaban J connectivity index is 2.41. The monoisotopic (exact) mass is 213 g/mol.